The second-order valence-electron chi connectivity index (χ2n) is 6.41. The number of hydrogen-bond donors (Lipinski definition) is 1. The molecule has 9 heteroatoms. The van der Waals surface area contributed by atoms with Crippen LogP contribution >= 0.6 is 0 Å². The molecule has 1 N–H and O–H groups in total. The van der Waals surface area contributed by atoms with Gasteiger partial charge in [-0.1, -0.05) is 6.92 Å². The summed E-state index contributed by atoms with van der Waals surface area (Å²) in [6.07, 6.45) is 2.21. The normalized spacial score (nSPS) is 23.0. The first-order valence-electron chi connectivity index (χ1n) is 9.16. The fraction of sp³-hybridized carbons (Fsp3) is 0.882. The average Bonchev–Trinajstić information content (AvgIpc) is 3.00. The Morgan fingerprint density at radius 3 is 2.38 bits per heavy atom. The van der Waals surface area contributed by atoms with E-state index >= 15 is 0 Å². The van der Waals surface area contributed by atoms with E-state index in [4.69, 9.17) is 22.8 Å². The standard InChI is InChI=1S/C17H33NO7Si/c1-6-14-15(12-13(2)24-14)25-17(20)9-8-16(19)18-10-7-11-26(21-3,22-4)23-5/h13-15H,6-12H2,1-5H3,(H,18,19)/t13-,14+,15?/m0/s1. The molecule has 0 aromatic carbocycles. The molecular formula is C17H33NO7Si. The molecule has 0 spiro atoms. The molecule has 26 heavy (non-hydrogen) atoms. The highest BCUT2D eigenvalue weighted by molar-refractivity contribution is 6.60. The van der Waals surface area contributed by atoms with Crippen LogP contribution in [-0.4, -0.2) is 66.9 Å². The van der Waals surface area contributed by atoms with Gasteiger partial charge in [0.1, 0.15) is 6.10 Å². The Labute approximate surface area is 157 Å². The molecule has 0 saturated carbocycles. The summed E-state index contributed by atoms with van der Waals surface area (Å²) >= 11 is 0. The molecule has 1 aliphatic rings. The predicted molar refractivity (Wildman–Crippen MR) is 97.6 cm³/mol. The highest BCUT2D eigenvalue weighted by Crippen LogP contribution is 2.25. The van der Waals surface area contributed by atoms with Gasteiger partial charge in [-0.25, -0.2) is 0 Å². The molecule has 152 valence electrons. The van der Waals surface area contributed by atoms with E-state index in [2.05, 4.69) is 5.32 Å². The van der Waals surface area contributed by atoms with Crippen LogP contribution in [0.1, 0.15) is 46.0 Å². The Morgan fingerprint density at radius 1 is 1.15 bits per heavy atom. The van der Waals surface area contributed by atoms with Gasteiger partial charge < -0.3 is 28.1 Å². The lowest BCUT2D eigenvalue weighted by Gasteiger charge is -2.24. The Bertz CT molecular complexity index is 437. The number of nitrogens with one attached hydrogen (secondary N) is 1. The van der Waals surface area contributed by atoms with E-state index in [9.17, 15) is 9.59 Å². The van der Waals surface area contributed by atoms with E-state index in [0.717, 1.165) is 6.42 Å². The highest BCUT2D eigenvalue weighted by atomic mass is 28.4. The van der Waals surface area contributed by atoms with Crippen LogP contribution in [0.4, 0.5) is 0 Å². The number of ether oxygens (including phenoxy) is 2. The molecule has 0 bridgehead atoms. The van der Waals surface area contributed by atoms with Gasteiger partial charge in [0.25, 0.3) is 0 Å². The minimum atomic E-state index is -2.60. The molecular weight excluding hydrogens is 358 g/mol. The molecule has 1 heterocycles. The van der Waals surface area contributed by atoms with Crippen molar-refractivity contribution in [1.29, 1.82) is 0 Å². The van der Waals surface area contributed by atoms with Crippen LogP contribution in [0.2, 0.25) is 6.04 Å². The molecule has 0 aliphatic carbocycles. The van der Waals surface area contributed by atoms with Crippen molar-refractivity contribution in [2.75, 3.05) is 27.9 Å². The second kappa shape index (κ2) is 11.7. The number of amides is 1. The maximum Gasteiger partial charge on any atom is 0.500 e. The van der Waals surface area contributed by atoms with Gasteiger partial charge in [-0.3, -0.25) is 9.59 Å². The molecule has 1 fully saturated rings. The van der Waals surface area contributed by atoms with Crippen molar-refractivity contribution < 1.29 is 32.3 Å². The molecule has 8 nitrogen and oxygen atoms in total. The monoisotopic (exact) mass is 391 g/mol. The number of rotatable bonds is 12. The largest absolute Gasteiger partial charge is 0.500 e. The minimum Gasteiger partial charge on any atom is -0.459 e. The third-order valence-corrected chi connectivity index (χ3v) is 7.37. The quantitative estimate of drug-likeness (QED) is 0.307. The summed E-state index contributed by atoms with van der Waals surface area (Å²) in [5.41, 5.74) is 0. The maximum absolute atomic E-state index is 11.9. The zero-order chi connectivity index (χ0) is 19.6. The van der Waals surface area contributed by atoms with E-state index in [1.54, 1.807) is 21.3 Å². The number of carbonyl (C=O) groups is 2. The van der Waals surface area contributed by atoms with E-state index in [0.29, 0.717) is 25.4 Å². The average molecular weight is 392 g/mol. The summed E-state index contributed by atoms with van der Waals surface area (Å²) < 4.78 is 27.1. The van der Waals surface area contributed by atoms with Crippen molar-refractivity contribution in [3.63, 3.8) is 0 Å². The van der Waals surface area contributed by atoms with E-state index in [-0.39, 0.29) is 43.0 Å². The van der Waals surface area contributed by atoms with Crippen molar-refractivity contribution >= 4 is 20.7 Å². The van der Waals surface area contributed by atoms with Crippen LogP contribution in [0.5, 0.6) is 0 Å². The van der Waals surface area contributed by atoms with Crippen molar-refractivity contribution in [1.82, 2.24) is 5.32 Å². The van der Waals surface area contributed by atoms with Crippen molar-refractivity contribution in [3.8, 4) is 0 Å². The topological polar surface area (TPSA) is 92.3 Å². The Morgan fingerprint density at radius 2 is 1.81 bits per heavy atom. The van der Waals surface area contributed by atoms with Crippen LogP contribution < -0.4 is 5.32 Å². The maximum atomic E-state index is 11.9. The van der Waals surface area contributed by atoms with E-state index in [1.165, 1.54) is 0 Å². The molecule has 1 amide bonds. The van der Waals surface area contributed by atoms with Gasteiger partial charge in [-0.2, -0.15) is 0 Å². The molecule has 1 unspecified atom stereocenters. The summed E-state index contributed by atoms with van der Waals surface area (Å²) in [4.78, 5) is 23.8. The fourth-order valence-corrected chi connectivity index (χ4v) is 4.75. The zero-order valence-electron chi connectivity index (χ0n) is 16.5. The molecule has 1 aliphatic heterocycles. The highest BCUT2D eigenvalue weighted by Gasteiger charge is 2.37. The SMILES string of the molecule is CC[C@H]1O[C@@H](C)CC1OC(=O)CCC(=O)NCCC[Si](OC)(OC)OC. The third-order valence-electron chi connectivity index (χ3n) is 4.54. The predicted octanol–water partition coefficient (Wildman–Crippen LogP) is 1.65. The summed E-state index contributed by atoms with van der Waals surface area (Å²) in [5.74, 6) is -0.532. The first kappa shape index (κ1) is 23.0. The minimum absolute atomic E-state index is 0.0467. The molecule has 3 atom stereocenters. The zero-order valence-corrected chi connectivity index (χ0v) is 17.5. The van der Waals surface area contributed by atoms with Gasteiger partial charge in [0.05, 0.1) is 18.6 Å². The smallest absolute Gasteiger partial charge is 0.459 e. The Hall–Kier alpha value is -1.00. The summed E-state index contributed by atoms with van der Waals surface area (Å²) in [7, 11) is 2.07. The molecule has 1 rings (SSSR count). The number of hydrogen-bond acceptors (Lipinski definition) is 7. The van der Waals surface area contributed by atoms with Gasteiger partial charge in [-0.15, -0.1) is 0 Å². The molecule has 1 saturated heterocycles. The summed E-state index contributed by atoms with van der Waals surface area (Å²) in [6, 6.07) is 0.608. The Balaban J connectivity index is 2.20. The number of esters is 1. The van der Waals surface area contributed by atoms with Crippen LogP contribution in [-0.2, 0) is 32.3 Å². The van der Waals surface area contributed by atoms with Gasteiger partial charge in [0.15, 0.2) is 0 Å². The lowest BCUT2D eigenvalue weighted by molar-refractivity contribution is -0.152. The van der Waals surface area contributed by atoms with Gasteiger partial charge in [0.2, 0.25) is 5.91 Å². The van der Waals surface area contributed by atoms with E-state index in [1.807, 2.05) is 13.8 Å². The Kier molecular flexibility index (Phi) is 10.3. The second-order valence-corrected chi connectivity index (χ2v) is 9.50. The van der Waals surface area contributed by atoms with Crippen LogP contribution in [0.3, 0.4) is 0 Å². The van der Waals surface area contributed by atoms with Crippen molar-refractivity contribution in [2.45, 2.75) is 70.3 Å². The van der Waals surface area contributed by atoms with Crippen LogP contribution in [0, 0.1) is 0 Å². The number of carbonyl (C=O) groups excluding carboxylic acids is 2. The van der Waals surface area contributed by atoms with Gasteiger partial charge in [0, 0.05) is 46.8 Å². The van der Waals surface area contributed by atoms with Gasteiger partial charge >= 0.3 is 14.8 Å². The lowest BCUT2D eigenvalue weighted by Crippen LogP contribution is -2.43. The summed E-state index contributed by atoms with van der Waals surface area (Å²) in [6.45, 7) is 4.45. The lowest BCUT2D eigenvalue weighted by atomic mass is 10.1. The summed E-state index contributed by atoms with van der Waals surface area (Å²) in [5, 5.41) is 2.79. The fourth-order valence-electron chi connectivity index (χ4n) is 3.02. The first-order valence-corrected chi connectivity index (χ1v) is 11.1. The first-order chi connectivity index (χ1) is 12.4. The molecule has 0 aromatic rings. The molecule has 0 aromatic heterocycles. The third kappa shape index (κ3) is 7.32. The van der Waals surface area contributed by atoms with Crippen LogP contribution in [0.25, 0.3) is 0 Å². The van der Waals surface area contributed by atoms with Crippen molar-refractivity contribution in [2.24, 2.45) is 0 Å². The van der Waals surface area contributed by atoms with Crippen LogP contribution in [0.15, 0.2) is 0 Å². The van der Waals surface area contributed by atoms with E-state index < -0.39 is 8.80 Å². The molecule has 0 radical (unpaired) electrons. The van der Waals surface area contributed by atoms with Gasteiger partial charge in [-0.05, 0) is 19.8 Å². The van der Waals surface area contributed by atoms with Crippen molar-refractivity contribution in [3.05, 3.63) is 0 Å².